The van der Waals surface area contributed by atoms with E-state index in [1.807, 2.05) is 7.05 Å². The molecule has 0 saturated heterocycles. The number of carbonyl (C=O) groups is 1. The van der Waals surface area contributed by atoms with Crippen molar-refractivity contribution < 1.29 is 4.79 Å². The third-order valence-corrected chi connectivity index (χ3v) is 5.63. The molecule has 0 aromatic rings. The van der Waals surface area contributed by atoms with Gasteiger partial charge in [-0.15, -0.1) is 0 Å². The first-order valence-electron chi connectivity index (χ1n) is 8.10. The molecule has 0 aliphatic heterocycles. The topological polar surface area (TPSA) is 41.1 Å². The molecule has 4 saturated carbocycles. The van der Waals surface area contributed by atoms with Crippen LogP contribution in [0.4, 0.5) is 0 Å². The predicted octanol–water partition coefficient (Wildman–Crippen LogP) is 2.32. The molecule has 0 heterocycles. The maximum absolute atomic E-state index is 12.2. The molecular formula is C16H28N2O. The highest BCUT2D eigenvalue weighted by Gasteiger charge is 2.51. The van der Waals surface area contributed by atoms with Crippen LogP contribution >= 0.6 is 0 Å². The smallest absolute Gasteiger partial charge is 0.220 e. The molecule has 19 heavy (non-hydrogen) atoms. The van der Waals surface area contributed by atoms with Gasteiger partial charge in [-0.05, 0) is 81.7 Å². The van der Waals surface area contributed by atoms with Gasteiger partial charge < -0.3 is 10.6 Å². The van der Waals surface area contributed by atoms with Crippen LogP contribution in [0.2, 0.25) is 0 Å². The average Bonchev–Trinajstić information content (AvgIpc) is 2.32. The summed E-state index contributed by atoms with van der Waals surface area (Å²) < 4.78 is 0. The molecule has 0 spiro atoms. The summed E-state index contributed by atoms with van der Waals surface area (Å²) in [7, 11) is 1.96. The molecule has 0 aromatic heterocycles. The van der Waals surface area contributed by atoms with Gasteiger partial charge in [0.25, 0.3) is 0 Å². The zero-order chi connectivity index (χ0) is 13.3. The van der Waals surface area contributed by atoms with Crippen molar-refractivity contribution in [1.82, 2.24) is 10.6 Å². The minimum absolute atomic E-state index is 0.304. The second-order valence-electron chi connectivity index (χ2n) is 7.40. The molecule has 4 fully saturated rings. The van der Waals surface area contributed by atoms with Gasteiger partial charge in [-0.2, -0.15) is 0 Å². The fourth-order valence-electron chi connectivity index (χ4n) is 5.40. The van der Waals surface area contributed by atoms with Gasteiger partial charge in [0.05, 0.1) is 0 Å². The Hall–Kier alpha value is -0.570. The normalized spacial score (nSPS) is 39.5. The van der Waals surface area contributed by atoms with Gasteiger partial charge in [-0.3, -0.25) is 4.79 Å². The lowest BCUT2D eigenvalue weighted by Crippen LogP contribution is -2.48. The van der Waals surface area contributed by atoms with Crippen molar-refractivity contribution in [2.45, 2.75) is 51.4 Å². The van der Waals surface area contributed by atoms with Crippen LogP contribution in [-0.4, -0.2) is 26.0 Å². The van der Waals surface area contributed by atoms with Gasteiger partial charge in [-0.25, -0.2) is 0 Å². The quantitative estimate of drug-likeness (QED) is 0.723. The van der Waals surface area contributed by atoms with Crippen LogP contribution in [0.15, 0.2) is 0 Å². The fraction of sp³-hybridized carbons (Fsp3) is 0.938. The minimum Gasteiger partial charge on any atom is -0.356 e. The van der Waals surface area contributed by atoms with Gasteiger partial charge in [-0.1, -0.05) is 0 Å². The maximum Gasteiger partial charge on any atom is 0.220 e. The van der Waals surface area contributed by atoms with Crippen LogP contribution in [0.25, 0.3) is 0 Å². The number of hydrogen-bond donors (Lipinski definition) is 2. The van der Waals surface area contributed by atoms with Gasteiger partial charge >= 0.3 is 0 Å². The fourth-order valence-corrected chi connectivity index (χ4v) is 5.40. The Balaban J connectivity index is 1.50. The van der Waals surface area contributed by atoms with Crippen LogP contribution in [0.1, 0.15) is 51.4 Å². The van der Waals surface area contributed by atoms with E-state index in [-0.39, 0.29) is 0 Å². The van der Waals surface area contributed by atoms with E-state index < -0.39 is 0 Å². The van der Waals surface area contributed by atoms with E-state index in [1.165, 1.54) is 38.5 Å². The summed E-state index contributed by atoms with van der Waals surface area (Å²) in [5.74, 6) is 3.15. The monoisotopic (exact) mass is 264 g/mol. The third-order valence-electron chi connectivity index (χ3n) is 5.63. The predicted molar refractivity (Wildman–Crippen MR) is 76.8 cm³/mol. The Kier molecular flexibility index (Phi) is 3.84. The van der Waals surface area contributed by atoms with Crippen LogP contribution < -0.4 is 10.6 Å². The second-order valence-corrected chi connectivity index (χ2v) is 7.40. The summed E-state index contributed by atoms with van der Waals surface area (Å²) in [6.45, 7) is 1.81. The van der Waals surface area contributed by atoms with Crippen molar-refractivity contribution in [2.24, 2.45) is 23.2 Å². The Morgan fingerprint density at radius 1 is 1.05 bits per heavy atom. The molecule has 0 aromatic carbocycles. The highest BCUT2D eigenvalue weighted by atomic mass is 16.1. The zero-order valence-corrected chi connectivity index (χ0v) is 12.2. The highest BCUT2D eigenvalue weighted by Crippen LogP contribution is 2.61. The van der Waals surface area contributed by atoms with E-state index in [2.05, 4.69) is 10.6 Å². The zero-order valence-electron chi connectivity index (χ0n) is 12.2. The molecule has 0 unspecified atom stereocenters. The Labute approximate surface area is 116 Å². The van der Waals surface area contributed by atoms with E-state index >= 15 is 0 Å². The molecule has 0 radical (unpaired) electrons. The van der Waals surface area contributed by atoms with Crippen LogP contribution in [0.5, 0.6) is 0 Å². The van der Waals surface area contributed by atoms with Gasteiger partial charge in [0.1, 0.15) is 0 Å². The standard InChI is InChI=1S/C16H28N2O/c1-17-3-2-4-18-15(19)11-16-8-12-5-13(9-16)7-14(6-12)10-16/h12-14,17H,2-11H2,1H3,(H,18,19). The van der Waals surface area contributed by atoms with Crippen molar-refractivity contribution >= 4 is 5.91 Å². The molecule has 3 nitrogen and oxygen atoms in total. The van der Waals surface area contributed by atoms with Gasteiger partial charge in [0, 0.05) is 13.0 Å². The molecule has 1 amide bonds. The lowest BCUT2D eigenvalue weighted by atomic mass is 9.49. The molecule has 4 aliphatic carbocycles. The summed E-state index contributed by atoms with van der Waals surface area (Å²) >= 11 is 0. The van der Waals surface area contributed by atoms with Gasteiger partial charge in [0.15, 0.2) is 0 Å². The molecule has 4 rings (SSSR count). The lowest BCUT2D eigenvalue weighted by molar-refractivity contribution is -0.129. The SMILES string of the molecule is CNCCCNC(=O)CC12CC3CC(CC(C3)C1)C2. The van der Waals surface area contributed by atoms with Crippen LogP contribution in [0, 0.1) is 23.2 Å². The molecule has 2 N–H and O–H groups in total. The Morgan fingerprint density at radius 2 is 1.63 bits per heavy atom. The summed E-state index contributed by atoms with van der Waals surface area (Å²) in [5.41, 5.74) is 0.391. The molecular weight excluding hydrogens is 236 g/mol. The lowest BCUT2D eigenvalue weighted by Gasteiger charge is -2.56. The highest BCUT2D eigenvalue weighted by molar-refractivity contribution is 5.76. The van der Waals surface area contributed by atoms with E-state index in [0.29, 0.717) is 11.3 Å². The summed E-state index contributed by atoms with van der Waals surface area (Å²) in [6, 6.07) is 0. The molecule has 4 bridgehead atoms. The van der Waals surface area contributed by atoms with Crippen molar-refractivity contribution in [1.29, 1.82) is 0 Å². The second kappa shape index (κ2) is 5.43. The molecule has 4 aliphatic rings. The molecule has 0 atom stereocenters. The molecule has 3 heteroatoms. The number of hydrogen-bond acceptors (Lipinski definition) is 2. The van der Waals surface area contributed by atoms with Crippen molar-refractivity contribution in [3.8, 4) is 0 Å². The molecule has 108 valence electrons. The van der Waals surface area contributed by atoms with E-state index in [4.69, 9.17) is 0 Å². The summed E-state index contributed by atoms with van der Waals surface area (Å²) in [6.07, 6.45) is 10.2. The third kappa shape index (κ3) is 2.96. The van der Waals surface area contributed by atoms with Gasteiger partial charge in [0.2, 0.25) is 5.91 Å². The first-order valence-corrected chi connectivity index (χ1v) is 8.10. The largest absolute Gasteiger partial charge is 0.356 e. The number of carbonyl (C=O) groups excluding carboxylic acids is 1. The Bertz CT molecular complexity index is 304. The number of amides is 1. The van der Waals surface area contributed by atoms with Crippen LogP contribution in [0.3, 0.4) is 0 Å². The van der Waals surface area contributed by atoms with E-state index in [9.17, 15) is 4.79 Å². The summed E-state index contributed by atoms with van der Waals surface area (Å²) in [4.78, 5) is 12.2. The van der Waals surface area contributed by atoms with Crippen molar-refractivity contribution in [3.05, 3.63) is 0 Å². The minimum atomic E-state index is 0.304. The van der Waals surface area contributed by atoms with E-state index in [1.54, 1.807) is 0 Å². The summed E-state index contributed by atoms with van der Waals surface area (Å²) in [5, 5.41) is 6.23. The number of nitrogens with one attached hydrogen (secondary N) is 2. The van der Waals surface area contributed by atoms with Crippen molar-refractivity contribution in [3.63, 3.8) is 0 Å². The first kappa shape index (κ1) is 13.4. The van der Waals surface area contributed by atoms with Crippen molar-refractivity contribution in [2.75, 3.05) is 20.1 Å². The maximum atomic E-state index is 12.2. The Morgan fingerprint density at radius 3 is 2.16 bits per heavy atom. The number of rotatable bonds is 6. The van der Waals surface area contributed by atoms with E-state index in [0.717, 1.165) is 43.7 Å². The average molecular weight is 264 g/mol. The first-order chi connectivity index (χ1) is 9.19. The van der Waals surface area contributed by atoms with Crippen LogP contribution in [-0.2, 0) is 4.79 Å².